The van der Waals surface area contributed by atoms with Gasteiger partial charge in [0, 0.05) is 18.8 Å². The number of likely N-dealkylation sites (N-methyl/N-ethyl adjacent to an activating group) is 1. The second-order valence-electron chi connectivity index (χ2n) is 7.56. The average Bonchev–Trinajstić information content (AvgIpc) is 2.42. The van der Waals surface area contributed by atoms with E-state index >= 15 is 0 Å². The number of hydrogen-bond acceptors (Lipinski definition) is 5. The zero-order valence-corrected chi connectivity index (χ0v) is 15.8. The lowest BCUT2D eigenvalue weighted by molar-refractivity contribution is -0.873. The number of carboxylic acid groups (broad SMARTS) is 1. The number of hydrogen-bond donors (Lipinski definition) is 1. The monoisotopic (exact) mass is 345 g/mol. The topological polar surface area (TPSA) is 86.7 Å². The lowest BCUT2D eigenvalue weighted by Crippen LogP contribution is -2.45. The van der Waals surface area contributed by atoms with Gasteiger partial charge in [-0.15, -0.1) is 0 Å². The van der Waals surface area contributed by atoms with Crippen molar-refractivity contribution in [2.24, 2.45) is 0 Å². The number of aliphatic carboxylic acids is 1. The first-order valence-electron chi connectivity index (χ1n) is 9.02. The molecule has 2 unspecified atom stereocenters. The van der Waals surface area contributed by atoms with Gasteiger partial charge >= 0.3 is 5.97 Å². The van der Waals surface area contributed by atoms with Crippen molar-refractivity contribution in [2.45, 2.75) is 76.9 Å². The Kier molecular flexibility index (Phi) is 11.7. The van der Waals surface area contributed by atoms with Gasteiger partial charge in [0.2, 0.25) is 0 Å². The van der Waals surface area contributed by atoms with Crippen LogP contribution in [-0.4, -0.2) is 61.4 Å². The fourth-order valence-corrected chi connectivity index (χ4v) is 2.60. The zero-order valence-electron chi connectivity index (χ0n) is 15.8. The Hall–Kier alpha value is -1.14. The predicted molar refractivity (Wildman–Crippen MR) is 91.0 cm³/mol. The summed E-state index contributed by atoms with van der Waals surface area (Å²) in [5, 5.41) is 20.5. The van der Waals surface area contributed by atoms with Crippen molar-refractivity contribution in [1.82, 2.24) is 0 Å². The molecule has 0 aliphatic rings. The van der Waals surface area contributed by atoms with Crippen LogP contribution in [0.25, 0.3) is 0 Å². The van der Waals surface area contributed by atoms with Crippen LogP contribution in [0, 0.1) is 0 Å². The minimum atomic E-state index is -1.21. The molecule has 0 aromatic rings. The standard InChI is InChI=1S/C18H35NO5/c1-5-6-10-15(20)11-8-7-9-12-18(23)24-16(13-17(21)22)14-19(2,3)4/h15-16,20H,5-14H2,1-4H3. The molecule has 0 aliphatic carbocycles. The minimum Gasteiger partial charge on any atom is -0.550 e. The first kappa shape index (κ1) is 22.9. The number of aliphatic hydroxyl groups is 1. The largest absolute Gasteiger partial charge is 0.550 e. The SMILES string of the molecule is CCCCC(O)CCCCCC(=O)OC(CC(=O)[O-])C[N+](C)(C)C. The maximum Gasteiger partial charge on any atom is 0.306 e. The van der Waals surface area contributed by atoms with Crippen LogP contribution in [0.15, 0.2) is 0 Å². The lowest BCUT2D eigenvalue weighted by Gasteiger charge is -2.29. The van der Waals surface area contributed by atoms with Gasteiger partial charge in [-0.05, 0) is 19.3 Å². The van der Waals surface area contributed by atoms with Crippen LogP contribution in [0.4, 0.5) is 0 Å². The molecule has 2 atom stereocenters. The second-order valence-corrected chi connectivity index (χ2v) is 7.56. The molecule has 0 bridgehead atoms. The van der Waals surface area contributed by atoms with E-state index in [-0.39, 0.29) is 24.9 Å². The molecule has 1 N–H and O–H groups in total. The van der Waals surface area contributed by atoms with Crippen LogP contribution in [0.3, 0.4) is 0 Å². The highest BCUT2D eigenvalue weighted by Gasteiger charge is 2.22. The first-order chi connectivity index (χ1) is 11.1. The van der Waals surface area contributed by atoms with E-state index in [1.54, 1.807) is 0 Å². The Morgan fingerprint density at radius 3 is 2.25 bits per heavy atom. The molecule has 0 heterocycles. The summed E-state index contributed by atoms with van der Waals surface area (Å²) < 4.78 is 5.81. The normalized spacial score (nSPS) is 14.2. The number of aliphatic hydroxyl groups excluding tert-OH is 1. The van der Waals surface area contributed by atoms with Crippen molar-refractivity contribution in [1.29, 1.82) is 0 Å². The van der Waals surface area contributed by atoms with E-state index in [0.29, 0.717) is 17.4 Å². The molecule has 0 amide bonds. The molecule has 0 aromatic carbocycles. The lowest BCUT2D eigenvalue weighted by atomic mass is 10.0. The Morgan fingerprint density at radius 1 is 1.08 bits per heavy atom. The Labute approximate surface area is 146 Å². The summed E-state index contributed by atoms with van der Waals surface area (Å²) in [5.74, 6) is -1.57. The van der Waals surface area contributed by atoms with Gasteiger partial charge in [-0.3, -0.25) is 4.79 Å². The summed E-state index contributed by atoms with van der Waals surface area (Å²) in [5.41, 5.74) is 0. The third-order valence-corrected chi connectivity index (χ3v) is 3.75. The Bertz CT molecular complexity index is 365. The molecule has 0 saturated heterocycles. The highest BCUT2D eigenvalue weighted by molar-refractivity contribution is 5.70. The molecule has 6 nitrogen and oxygen atoms in total. The Morgan fingerprint density at radius 2 is 1.71 bits per heavy atom. The van der Waals surface area contributed by atoms with Crippen LogP contribution in [0.5, 0.6) is 0 Å². The number of carbonyl (C=O) groups excluding carboxylic acids is 2. The van der Waals surface area contributed by atoms with Crippen LogP contribution >= 0.6 is 0 Å². The number of carbonyl (C=O) groups is 2. The van der Waals surface area contributed by atoms with Crippen molar-refractivity contribution in [3.05, 3.63) is 0 Å². The average molecular weight is 345 g/mol. The van der Waals surface area contributed by atoms with Crippen LogP contribution in [-0.2, 0) is 14.3 Å². The third kappa shape index (κ3) is 14.5. The number of unbranched alkanes of at least 4 members (excludes halogenated alkanes) is 3. The van der Waals surface area contributed by atoms with Crippen molar-refractivity contribution in [3.63, 3.8) is 0 Å². The van der Waals surface area contributed by atoms with Crippen molar-refractivity contribution >= 4 is 11.9 Å². The summed E-state index contributed by atoms with van der Waals surface area (Å²) in [7, 11) is 5.75. The Balaban J connectivity index is 3.97. The maximum absolute atomic E-state index is 11.9. The molecule has 0 radical (unpaired) electrons. The number of quaternary nitrogens is 1. The van der Waals surface area contributed by atoms with Crippen LogP contribution < -0.4 is 5.11 Å². The highest BCUT2D eigenvalue weighted by Crippen LogP contribution is 2.12. The van der Waals surface area contributed by atoms with E-state index in [1.165, 1.54) is 0 Å². The summed E-state index contributed by atoms with van der Waals surface area (Å²) >= 11 is 0. The number of carboxylic acids is 1. The van der Waals surface area contributed by atoms with Gasteiger partial charge in [0.05, 0.1) is 27.2 Å². The van der Waals surface area contributed by atoms with E-state index in [4.69, 9.17) is 4.74 Å². The third-order valence-electron chi connectivity index (χ3n) is 3.75. The van der Waals surface area contributed by atoms with Gasteiger partial charge in [0.25, 0.3) is 0 Å². The quantitative estimate of drug-likeness (QED) is 0.291. The van der Waals surface area contributed by atoms with Gasteiger partial charge < -0.3 is 24.2 Å². The summed E-state index contributed by atoms with van der Waals surface area (Å²) in [6.07, 6.45) is 5.30. The van der Waals surface area contributed by atoms with E-state index < -0.39 is 12.1 Å². The van der Waals surface area contributed by atoms with Crippen molar-refractivity contribution in [2.75, 3.05) is 27.7 Å². The summed E-state index contributed by atoms with van der Waals surface area (Å²) in [4.78, 5) is 22.6. The van der Waals surface area contributed by atoms with Crippen LogP contribution in [0.1, 0.15) is 64.7 Å². The van der Waals surface area contributed by atoms with Gasteiger partial charge in [0.1, 0.15) is 6.54 Å². The summed E-state index contributed by atoms with van der Waals surface area (Å²) in [6, 6.07) is 0. The van der Waals surface area contributed by atoms with Gasteiger partial charge in [-0.1, -0.05) is 32.6 Å². The van der Waals surface area contributed by atoms with E-state index in [9.17, 15) is 19.8 Å². The van der Waals surface area contributed by atoms with Gasteiger partial charge in [0.15, 0.2) is 6.10 Å². The first-order valence-corrected chi connectivity index (χ1v) is 9.02. The number of esters is 1. The predicted octanol–water partition coefficient (Wildman–Crippen LogP) is 1.25. The van der Waals surface area contributed by atoms with Gasteiger partial charge in [-0.2, -0.15) is 0 Å². The molecule has 0 spiro atoms. The zero-order chi connectivity index (χ0) is 18.6. The summed E-state index contributed by atoms with van der Waals surface area (Å²) in [6.45, 7) is 2.54. The molecular weight excluding hydrogens is 310 g/mol. The van der Waals surface area contributed by atoms with Gasteiger partial charge in [-0.25, -0.2) is 0 Å². The number of nitrogens with zero attached hydrogens (tertiary/aromatic N) is 1. The molecule has 0 saturated carbocycles. The molecule has 24 heavy (non-hydrogen) atoms. The molecule has 0 aliphatic heterocycles. The van der Waals surface area contributed by atoms with E-state index in [2.05, 4.69) is 6.92 Å². The highest BCUT2D eigenvalue weighted by atomic mass is 16.5. The number of rotatable bonds is 14. The van der Waals surface area contributed by atoms with E-state index in [0.717, 1.165) is 38.5 Å². The minimum absolute atomic E-state index is 0.242. The molecule has 142 valence electrons. The molecule has 0 rings (SSSR count). The molecule has 0 aromatic heterocycles. The van der Waals surface area contributed by atoms with Crippen molar-refractivity contribution in [3.8, 4) is 0 Å². The fraction of sp³-hybridized carbons (Fsp3) is 0.889. The van der Waals surface area contributed by atoms with Crippen LogP contribution in [0.2, 0.25) is 0 Å². The molecule has 0 fully saturated rings. The smallest absolute Gasteiger partial charge is 0.306 e. The fourth-order valence-electron chi connectivity index (χ4n) is 2.60. The maximum atomic E-state index is 11.9. The number of ether oxygens (including phenoxy) is 1. The second kappa shape index (κ2) is 12.3. The molecular formula is C18H35NO5. The van der Waals surface area contributed by atoms with E-state index in [1.807, 2.05) is 21.1 Å². The van der Waals surface area contributed by atoms with Crippen molar-refractivity contribution < 1.29 is 29.0 Å². The molecule has 6 heteroatoms.